The molecule has 1 aromatic heterocycles. The number of aromatic nitrogens is 1. The van der Waals surface area contributed by atoms with Crippen LogP contribution in [0.3, 0.4) is 0 Å². The highest BCUT2D eigenvalue weighted by molar-refractivity contribution is 5.97. The number of primary amides is 1. The number of rotatable bonds is 5. The molecule has 2 amide bonds. The van der Waals surface area contributed by atoms with Gasteiger partial charge in [0.25, 0.3) is 5.91 Å². The van der Waals surface area contributed by atoms with E-state index < -0.39 is 23.7 Å². The fourth-order valence-electron chi connectivity index (χ4n) is 1.26. The van der Waals surface area contributed by atoms with Crippen LogP contribution in [0.5, 0.6) is 0 Å². The molecule has 0 fully saturated rings. The monoisotopic (exact) mass is 254 g/mol. The van der Waals surface area contributed by atoms with Crippen molar-refractivity contribution in [3.8, 4) is 0 Å². The van der Waals surface area contributed by atoms with E-state index in [-0.39, 0.29) is 11.4 Å². The van der Waals surface area contributed by atoms with Gasteiger partial charge in [-0.1, -0.05) is 0 Å². The molecule has 1 atom stereocenters. The predicted octanol–water partition coefficient (Wildman–Crippen LogP) is 0.256. The zero-order valence-electron chi connectivity index (χ0n) is 10.2. The van der Waals surface area contributed by atoms with E-state index in [2.05, 4.69) is 15.6 Å². The van der Waals surface area contributed by atoms with Crippen LogP contribution in [0.2, 0.25) is 0 Å². The smallest absolute Gasteiger partial charge is 0.255 e. The van der Waals surface area contributed by atoms with Crippen molar-refractivity contribution in [2.45, 2.75) is 19.9 Å². The van der Waals surface area contributed by atoms with Crippen LogP contribution >= 0.6 is 0 Å². The zero-order chi connectivity index (χ0) is 13.7. The number of carbonyl (C=O) groups is 2. The molecule has 6 nitrogen and oxygen atoms in total. The van der Waals surface area contributed by atoms with Gasteiger partial charge in [-0.15, -0.1) is 0 Å². The number of nitrogens with two attached hydrogens (primary N) is 1. The summed E-state index contributed by atoms with van der Waals surface area (Å²) in [4.78, 5) is 26.3. The van der Waals surface area contributed by atoms with Crippen molar-refractivity contribution in [2.24, 2.45) is 5.73 Å². The normalized spacial score (nSPS) is 11.7. The number of pyridine rings is 1. The Morgan fingerprint density at radius 2 is 2.22 bits per heavy atom. The molecule has 0 aliphatic carbocycles. The third-order valence-corrected chi connectivity index (χ3v) is 2.25. The van der Waals surface area contributed by atoms with Gasteiger partial charge in [-0.25, -0.2) is 9.37 Å². The van der Waals surface area contributed by atoms with E-state index in [1.807, 2.05) is 0 Å². The minimum Gasteiger partial charge on any atom is -0.368 e. The number of nitrogens with zero attached hydrogens (tertiary/aromatic N) is 1. The Morgan fingerprint density at radius 1 is 1.56 bits per heavy atom. The Labute approximate surface area is 104 Å². The molecule has 4 N–H and O–H groups in total. The Morgan fingerprint density at radius 3 is 2.78 bits per heavy atom. The highest BCUT2D eigenvalue weighted by Gasteiger charge is 2.19. The minimum absolute atomic E-state index is 0.00289. The Kier molecular flexibility index (Phi) is 4.59. The van der Waals surface area contributed by atoms with E-state index in [4.69, 9.17) is 5.73 Å². The average molecular weight is 254 g/mol. The molecule has 18 heavy (non-hydrogen) atoms. The van der Waals surface area contributed by atoms with Gasteiger partial charge in [0.1, 0.15) is 6.04 Å². The van der Waals surface area contributed by atoms with E-state index in [1.165, 1.54) is 19.2 Å². The number of amides is 2. The standard InChI is InChI=1S/C11H15FN4O2/c1-3-14-10-8(12)7(4-5-15-10)11(18)16-6(2)9(13)17/h4-6H,3H2,1-2H3,(H2,13,17)(H,14,15)(H,16,18). The second-order valence-corrected chi connectivity index (χ2v) is 3.65. The third-order valence-electron chi connectivity index (χ3n) is 2.25. The lowest BCUT2D eigenvalue weighted by Crippen LogP contribution is -2.42. The van der Waals surface area contributed by atoms with Crippen molar-refractivity contribution in [2.75, 3.05) is 11.9 Å². The SMILES string of the molecule is CCNc1nccc(C(=O)NC(C)C(N)=O)c1F. The van der Waals surface area contributed by atoms with Crippen LogP contribution in [0.1, 0.15) is 24.2 Å². The molecule has 7 heteroatoms. The van der Waals surface area contributed by atoms with E-state index in [0.29, 0.717) is 6.54 Å². The van der Waals surface area contributed by atoms with Crippen LogP contribution in [0, 0.1) is 5.82 Å². The molecule has 0 radical (unpaired) electrons. The molecule has 0 saturated heterocycles. The number of anilines is 1. The summed E-state index contributed by atoms with van der Waals surface area (Å²) >= 11 is 0. The molecule has 0 aromatic carbocycles. The van der Waals surface area contributed by atoms with E-state index in [1.54, 1.807) is 6.92 Å². The molecule has 0 aliphatic rings. The highest BCUT2D eigenvalue weighted by Crippen LogP contribution is 2.14. The van der Waals surface area contributed by atoms with Gasteiger partial charge in [0.05, 0.1) is 5.56 Å². The van der Waals surface area contributed by atoms with Gasteiger partial charge in [-0.2, -0.15) is 0 Å². The first-order valence-corrected chi connectivity index (χ1v) is 5.46. The molecule has 1 rings (SSSR count). The van der Waals surface area contributed by atoms with E-state index >= 15 is 0 Å². The maximum absolute atomic E-state index is 13.9. The van der Waals surface area contributed by atoms with Crippen LogP contribution in [0.25, 0.3) is 0 Å². The second-order valence-electron chi connectivity index (χ2n) is 3.65. The van der Waals surface area contributed by atoms with Crippen molar-refractivity contribution >= 4 is 17.6 Å². The molecule has 98 valence electrons. The summed E-state index contributed by atoms with van der Waals surface area (Å²) in [5.74, 6) is -2.16. The molecule has 0 saturated carbocycles. The van der Waals surface area contributed by atoms with E-state index in [0.717, 1.165) is 0 Å². The lowest BCUT2D eigenvalue weighted by atomic mass is 10.2. The second kappa shape index (κ2) is 5.95. The quantitative estimate of drug-likeness (QED) is 0.702. The number of hydrogen-bond acceptors (Lipinski definition) is 4. The van der Waals surface area contributed by atoms with Gasteiger partial charge in [0.15, 0.2) is 11.6 Å². The third kappa shape index (κ3) is 3.16. The van der Waals surface area contributed by atoms with Gasteiger partial charge in [-0.05, 0) is 19.9 Å². The average Bonchev–Trinajstić information content (AvgIpc) is 2.31. The Bertz CT molecular complexity index is 464. The van der Waals surface area contributed by atoms with Crippen LogP contribution in [0.15, 0.2) is 12.3 Å². The molecule has 1 aromatic rings. The first kappa shape index (κ1) is 13.9. The van der Waals surface area contributed by atoms with Gasteiger partial charge >= 0.3 is 0 Å². The Balaban J connectivity index is 2.92. The van der Waals surface area contributed by atoms with Gasteiger partial charge < -0.3 is 16.4 Å². The number of nitrogens with one attached hydrogen (secondary N) is 2. The molecular formula is C11H15FN4O2. The summed E-state index contributed by atoms with van der Waals surface area (Å²) in [6.45, 7) is 3.68. The van der Waals surface area contributed by atoms with Crippen LogP contribution < -0.4 is 16.4 Å². The van der Waals surface area contributed by atoms with Gasteiger partial charge in [0.2, 0.25) is 5.91 Å². The number of halogens is 1. The van der Waals surface area contributed by atoms with Crippen molar-refractivity contribution in [1.29, 1.82) is 0 Å². The van der Waals surface area contributed by atoms with Crippen molar-refractivity contribution in [3.05, 3.63) is 23.6 Å². The first-order chi connectivity index (χ1) is 8.47. The fraction of sp³-hybridized carbons (Fsp3) is 0.364. The maximum Gasteiger partial charge on any atom is 0.255 e. The lowest BCUT2D eigenvalue weighted by molar-refractivity contribution is -0.119. The largest absolute Gasteiger partial charge is 0.368 e. The summed E-state index contributed by atoms with van der Waals surface area (Å²) in [6, 6.07) is 0.367. The lowest BCUT2D eigenvalue weighted by Gasteiger charge is -2.12. The maximum atomic E-state index is 13.9. The van der Waals surface area contributed by atoms with Crippen LogP contribution in [-0.2, 0) is 4.79 Å². The molecule has 1 heterocycles. The minimum atomic E-state index is -0.868. The summed E-state index contributed by atoms with van der Waals surface area (Å²) < 4.78 is 13.9. The van der Waals surface area contributed by atoms with Gasteiger partial charge in [-0.3, -0.25) is 9.59 Å². The number of hydrogen-bond donors (Lipinski definition) is 3. The molecule has 1 unspecified atom stereocenters. The molecule has 0 aliphatic heterocycles. The fourth-order valence-corrected chi connectivity index (χ4v) is 1.26. The summed E-state index contributed by atoms with van der Waals surface area (Å²) in [5.41, 5.74) is 4.82. The summed E-state index contributed by atoms with van der Waals surface area (Å²) in [5, 5.41) is 4.99. The zero-order valence-corrected chi connectivity index (χ0v) is 10.2. The molecule has 0 bridgehead atoms. The number of carbonyl (C=O) groups excluding carboxylic acids is 2. The predicted molar refractivity (Wildman–Crippen MR) is 64.5 cm³/mol. The van der Waals surface area contributed by atoms with Crippen LogP contribution in [-0.4, -0.2) is 29.4 Å². The van der Waals surface area contributed by atoms with Crippen molar-refractivity contribution in [3.63, 3.8) is 0 Å². The van der Waals surface area contributed by atoms with E-state index in [9.17, 15) is 14.0 Å². The van der Waals surface area contributed by atoms with Crippen molar-refractivity contribution in [1.82, 2.24) is 10.3 Å². The topological polar surface area (TPSA) is 97.1 Å². The molecule has 0 spiro atoms. The van der Waals surface area contributed by atoms with Gasteiger partial charge in [0, 0.05) is 12.7 Å². The molecular weight excluding hydrogens is 239 g/mol. The van der Waals surface area contributed by atoms with Crippen molar-refractivity contribution < 1.29 is 14.0 Å². The highest BCUT2D eigenvalue weighted by atomic mass is 19.1. The first-order valence-electron chi connectivity index (χ1n) is 5.46. The summed E-state index contributed by atoms with van der Waals surface area (Å²) in [6.07, 6.45) is 1.31. The Hall–Kier alpha value is -2.18. The van der Waals surface area contributed by atoms with Crippen LogP contribution in [0.4, 0.5) is 10.2 Å². The summed E-state index contributed by atoms with van der Waals surface area (Å²) in [7, 11) is 0.